The number of fused-ring (bicyclic) bond motifs is 5. The minimum absolute atomic E-state index is 0.0902. The number of nitrogens with two attached hydrogens (primary N) is 1. The molecule has 4 atom stereocenters. The summed E-state index contributed by atoms with van der Waals surface area (Å²) in [4.78, 5) is 14.8. The molecule has 7 aliphatic rings. The molecule has 2 amide bonds. The highest BCUT2D eigenvalue weighted by atomic mass is 16.5. The first-order valence-corrected chi connectivity index (χ1v) is 10.3. The van der Waals surface area contributed by atoms with Crippen molar-refractivity contribution >= 4 is 6.03 Å². The molecule has 5 heteroatoms. The first kappa shape index (κ1) is 15.0. The number of likely N-dealkylation sites (tertiary alicyclic amines) is 1. The van der Waals surface area contributed by atoms with E-state index in [1.807, 2.05) is 4.90 Å². The van der Waals surface area contributed by atoms with Gasteiger partial charge in [0.05, 0.1) is 12.2 Å². The Hall–Kier alpha value is -1.07. The maximum Gasteiger partial charge on any atom is 0.317 e. The number of nitrogens with one attached hydrogen (secondary N) is 1. The molecule has 4 aliphatic carbocycles. The van der Waals surface area contributed by atoms with Crippen LogP contribution in [0.15, 0.2) is 12.2 Å². The molecule has 3 aliphatic heterocycles. The molecule has 6 bridgehead atoms. The van der Waals surface area contributed by atoms with Crippen molar-refractivity contribution in [3.8, 4) is 0 Å². The average Bonchev–Trinajstić information content (AvgIpc) is 3.29. The average molecular weight is 343 g/mol. The molecule has 7 rings (SSSR count). The zero-order valence-corrected chi connectivity index (χ0v) is 14.8. The van der Waals surface area contributed by atoms with E-state index < -0.39 is 0 Å². The summed E-state index contributed by atoms with van der Waals surface area (Å²) in [6, 6.07) is 0.0902. The fourth-order valence-corrected chi connectivity index (χ4v) is 7.38. The molecule has 3 heterocycles. The lowest BCUT2D eigenvalue weighted by Gasteiger charge is -2.59. The first-order valence-electron chi connectivity index (χ1n) is 10.3. The van der Waals surface area contributed by atoms with Gasteiger partial charge in [0.25, 0.3) is 0 Å². The lowest BCUT2D eigenvalue weighted by molar-refractivity contribution is -0.0532. The van der Waals surface area contributed by atoms with Crippen LogP contribution in [0.2, 0.25) is 0 Å². The second-order valence-corrected chi connectivity index (χ2v) is 9.76. The molecule has 0 aromatic rings. The van der Waals surface area contributed by atoms with E-state index >= 15 is 0 Å². The molecular weight excluding hydrogens is 314 g/mol. The van der Waals surface area contributed by atoms with Gasteiger partial charge in [0.15, 0.2) is 0 Å². The van der Waals surface area contributed by atoms with Gasteiger partial charge >= 0.3 is 6.03 Å². The Morgan fingerprint density at radius 2 is 1.60 bits per heavy atom. The van der Waals surface area contributed by atoms with Crippen LogP contribution in [0.5, 0.6) is 0 Å². The summed E-state index contributed by atoms with van der Waals surface area (Å²) in [5, 5.41) is 3.23. The molecule has 25 heavy (non-hydrogen) atoms. The van der Waals surface area contributed by atoms with E-state index in [4.69, 9.17) is 10.5 Å². The Balaban J connectivity index is 1.11. The van der Waals surface area contributed by atoms with Crippen LogP contribution >= 0.6 is 0 Å². The smallest absolute Gasteiger partial charge is 0.317 e. The van der Waals surface area contributed by atoms with E-state index in [9.17, 15) is 4.79 Å². The van der Waals surface area contributed by atoms with Crippen LogP contribution in [0.3, 0.4) is 0 Å². The van der Waals surface area contributed by atoms with E-state index in [0.29, 0.717) is 30.2 Å². The Morgan fingerprint density at radius 3 is 2.16 bits per heavy atom. The highest BCUT2D eigenvalue weighted by Crippen LogP contribution is 2.57. The lowest BCUT2D eigenvalue weighted by atomic mass is 9.49. The van der Waals surface area contributed by atoms with E-state index in [2.05, 4.69) is 17.5 Å². The number of hydrogen-bond donors (Lipinski definition) is 2. The first-order chi connectivity index (χ1) is 12.1. The van der Waals surface area contributed by atoms with Gasteiger partial charge in [-0.3, -0.25) is 0 Å². The molecule has 5 nitrogen and oxygen atoms in total. The molecule has 4 unspecified atom stereocenters. The number of urea groups is 1. The van der Waals surface area contributed by atoms with Crippen molar-refractivity contribution in [2.45, 2.75) is 49.9 Å². The second kappa shape index (κ2) is 5.01. The van der Waals surface area contributed by atoms with Gasteiger partial charge in [-0.15, -0.1) is 0 Å². The Labute approximate surface area is 149 Å². The van der Waals surface area contributed by atoms with Crippen molar-refractivity contribution in [2.75, 3.05) is 19.6 Å². The van der Waals surface area contributed by atoms with Gasteiger partial charge in [-0.25, -0.2) is 4.79 Å². The van der Waals surface area contributed by atoms with E-state index in [-0.39, 0.29) is 23.8 Å². The molecule has 2 saturated heterocycles. The van der Waals surface area contributed by atoms with Gasteiger partial charge in [-0.1, -0.05) is 12.2 Å². The van der Waals surface area contributed by atoms with Crippen molar-refractivity contribution in [3.05, 3.63) is 12.2 Å². The molecule has 136 valence electrons. The Bertz CT molecular complexity index is 584. The molecule has 0 radical (unpaired) electrons. The van der Waals surface area contributed by atoms with Gasteiger partial charge in [-0.05, 0) is 55.8 Å². The minimum Gasteiger partial charge on any atom is -0.366 e. The quantitative estimate of drug-likeness (QED) is 0.751. The third-order valence-corrected chi connectivity index (χ3v) is 8.55. The van der Waals surface area contributed by atoms with Crippen LogP contribution in [0.1, 0.15) is 32.1 Å². The highest BCUT2D eigenvalue weighted by Gasteiger charge is 2.56. The van der Waals surface area contributed by atoms with E-state index in [1.165, 1.54) is 32.1 Å². The fraction of sp³-hybridized carbons (Fsp3) is 0.850. The number of nitrogens with zero attached hydrogens (tertiary/aromatic N) is 1. The number of carbonyl (C=O) groups excluding carboxylic acids is 1. The van der Waals surface area contributed by atoms with E-state index in [0.717, 1.165) is 24.9 Å². The van der Waals surface area contributed by atoms with Crippen molar-refractivity contribution < 1.29 is 9.53 Å². The number of rotatable bonds is 2. The van der Waals surface area contributed by atoms with Crippen LogP contribution in [0.25, 0.3) is 0 Å². The van der Waals surface area contributed by atoms with Gasteiger partial charge in [-0.2, -0.15) is 0 Å². The van der Waals surface area contributed by atoms with Crippen molar-refractivity contribution in [1.82, 2.24) is 10.2 Å². The topological polar surface area (TPSA) is 67.6 Å². The lowest BCUT2D eigenvalue weighted by Crippen LogP contribution is -2.67. The monoisotopic (exact) mass is 343 g/mol. The number of carbonyl (C=O) groups is 1. The van der Waals surface area contributed by atoms with Crippen LogP contribution < -0.4 is 11.1 Å². The SMILES string of the molecule is NC1(CNC(=O)N2CC3C4C=CC(O4)C3C2)C2CC3CC(C2)CC1C3. The molecule has 3 N–H and O–H groups in total. The predicted octanol–water partition coefficient (Wildman–Crippen LogP) is 1.73. The zero-order chi connectivity index (χ0) is 16.8. The van der Waals surface area contributed by atoms with Crippen LogP contribution in [-0.2, 0) is 4.74 Å². The van der Waals surface area contributed by atoms with Gasteiger partial charge in [0, 0.05) is 37.0 Å². The maximum absolute atomic E-state index is 12.8. The number of hydrogen-bond acceptors (Lipinski definition) is 3. The molecule has 0 aromatic carbocycles. The zero-order valence-electron chi connectivity index (χ0n) is 14.8. The van der Waals surface area contributed by atoms with Gasteiger partial charge in [0.1, 0.15) is 0 Å². The molecule has 4 saturated carbocycles. The largest absolute Gasteiger partial charge is 0.366 e. The molecule has 0 spiro atoms. The maximum atomic E-state index is 12.8. The minimum atomic E-state index is -0.164. The summed E-state index contributed by atoms with van der Waals surface area (Å²) in [6.07, 6.45) is 11.4. The highest BCUT2D eigenvalue weighted by molar-refractivity contribution is 5.74. The van der Waals surface area contributed by atoms with Crippen molar-refractivity contribution in [1.29, 1.82) is 0 Å². The van der Waals surface area contributed by atoms with Crippen LogP contribution in [-0.4, -0.2) is 48.3 Å². The third-order valence-electron chi connectivity index (χ3n) is 8.55. The normalized spacial score (nSPS) is 54.4. The number of ether oxygens (including phenoxy) is 1. The van der Waals surface area contributed by atoms with Crippen LogP contribution in [0.4, 0.5) is 4.79 Å². The van der Waals surface area contributed by atoms with E-state index in [1.54, 1.807) is 0 Å². The Kier molecular flexibility index (Phi) is 3.01. The summed E-state index contributed by atoms with van der Waals surface area (Å²) >= 11 is 0. The summed E-state index contributed by atoms with van der Waals surface area (Å²) in [6.45, 7) is 2.32. The van der Waals surface area contributed by atoms with Gasteiger partial charge < -0.3 is 20.7 Å². The summed E-state index contributed by atoms with van der Waals surface area (Å²) in [5.41, 5.74) is 6.76. The second-order valence-electron chi connectivity index (χ2n) is 9.76. The number of amides is 2. The summed E-state index contributed by atoms with van der Waals surface area (Å²) in [5.74, 6) is 4.06. The molecule has 6 fully saturated rings. The van der Waals surface area contributed by atoms with Crippen molar-refractivity contribution in [3.63, 3.8) is 0 Å². The predicted molar refractivity (Wildman–Crippen MR) is 93.7 cm³/mol. The van der Waals surface area contributed by atoms with Gasteiger partial charge in [0.2, 0.25) is 0 Å². The fourth-order valence-electron chi connectivity index (χ4n) is 7.38. The Morgan fingerprint density at radius 1 is 1.04 bits per heavy atom. The van der Waals surface area contributed by atoms with Crippen molar-refractivity contribution in [2.24, 2.45) is 41.2 Å². The summed E-state index contributed by atoms with van der Waals surface area (Å²) in [7, 11) is 0. The standard InChI is InChI=1S/C20H29N3O2/c21-20(13-4-11-3-12(6-13)7-14(20)5-11)10-22-19(24)23-8-15-16(9-23)18-2-1-17(15)25-18/h1-2,11-18H,3-10,21H2,(H,22,24). The molecular formula is C20H29N3O2. The summed E-state index contributed by atoms with van der Waals surface area (Å²) < 4.78 is 5.91. The van der Waals surface area contributed by atoms with Crippen LogP contribution in [0, 0.1) is 35.5 Å². The third kappa shape index (κ3) is 2.05. The molecule has 0 aromatic heterocycles.